The number of pyridine rings is 2. The number of halogens is 1. The van der Waals surface area contributed by atoms with Crippen LogP contribution in [-0.2, 0) is 0 Å². The van der Waals surface area contributed by atoms with Gasteiger partial charge in [-0.15, -0.1) is 0 Å². The van der Waals surface area contributed by atoms with Gasteiger partial charge in [0.05, 0.1) is 16.8 Å². The number of benzene rings is 2. The lowest BCUT2D eigenvalue weighted by molar-refractivity contribution is 0.103. The van der Waals surface area contributed by atoms with E-state index in [1.165, 1.54) is 11.1 Å². The Morgan fingerprint density at radius 3 is 2.52 bits per heavy atom. The highest BCUT2D eigenvalue weighted by Gasteiger charge is 2.24. The van der Waals surface area contributed by atoms with Gasteiger partial charge in [-0.05, 0) is 42.8 Å². The van der Waals surface area contributed by atoms with Gasteiger partial charge in [-0.25, -0.2) is 4.79 Å². The number of ketones is 1. The minimum Gasteiger partial charge on any atom is -0.307 e. The fourth-order valence-electron chi connectivity index (χ4n) is 3.32. The second-order valence-corrected chi connectivity index (χ2v) is 7.47. The monoisotopic (exact) mass is 430 g/mol. The molecule has 2 heterocycles. The van der Waals surface area contributed by atoms with E-state index < -0.39 is 6.03 Å². The number of aromatic nitrogens is 2. The van der Waals surface area contributed by atoms with Crippen LogP contribution < -0.4 is 10.2 Å². The van der Waals surface area contributed by atoms with Gasteiger partial charge in [0.2, 0.25) is 0 Å². The van der Waals surface area contributed by atoms with Crippen LogP contribution in [0, 0.1) is 6.92 Å². The summed E-state index contributed by atoms with van der Waals surface area (Å²) in [5.41, 5.74) is 3.70. The molecule has 0 radical (unpaired) electrons. The Morgan fingerprint density at radius 1 is 1.00 bits per heavy atom. The molecule has 6 nitrogen and oxygen atoms in total. The molecule has 2 aromatic heterocycles. The topological polar surface area (TPSA) is 75.2 Å². The second kappa shape index (κ2) is 8.53. The van der Waals surface area contributed by atoms with E-state index in [2.05, 4.69) is 15.3 Å². The molecule has 2 amide bonds. The van der Waals surface area contributed by atoms with Crippen molar-refractivity contribution in [1.82, 2.24) is 9.97 Å². The minimum absolute atomic E-state index is 0.238. The van der Waals surface area contributed by atoms with Crippen molar-refractivity contribution >= 4 is 45.8 Å². The third-order valence-electron chi connectivity index (χ3n) is 4.95. The smallest absolute Gasteiger partial charge is 0.307 e. The first-order valence-electron chi connectivity index (χ1n) is 9.60. The molecular weight excluding hydrogens is 412 g/mol. The highest BCUT2D eigenvalue weighted by atomic mass is 35.5. The second-order valence-electron chi connectivity index (χ2n) is 7.04. The molecule has 0 spiro atoms. The number of anilines is 2. The number of nitrogens with one attached hydrogen (secondary N) is 1. The molecule has 154 valence electrons. The summed E-state index contributed by atoms with van der Waals surface area (Å²) in [5.74, 6) is -0.238. The predicted octanol–water partition coefficient (Wildman–Crippen LogP) is 5.49. The predicted molar refractivity (Wildman–Crippen MR) is 123 cm³/mol. The van der Waals surface area contributed by atoms with Crippen LogP contribution in [0.25, 0.3) is 11.0 Å². The standard InChI is InChI=1S/C24H19ClN4O2/c1-15-13-17(25)10-11-19(15)28-24(31)29(2)22-18(23(30)16-7-4-3-5-8-16)14-27-20-9-6-12-26-21(20)22/h3-14H,1-2H3,(H,28,31). The maximum absolute atomic E-state index is 13.2. The van der Waals surface area contributed by atoms with Crippen LogP contribution in [0.3, 0.4) is 0 Å². The zero-order valence-corrected chi connectivity index (χ0v) is 17.7. The van der Waals surface area contributed by atoms with E-state index in [9.17, 15) is 9.59 Å². The van der Waals surface area contributed by atoms with E-state index in [0.29, 0.717) is 38.6 Å². The summed E-state index contributed by atoms with van der Waals surface area (Å²) in [6.45, 7) is 1.86. The highest BCUT2D eigenvalue weighted by molar-refractivity contribution is 6.30. The molecule has 0 saturated heterocycles. The third kappa shape index (κ3) is 4.11. The zero-order valence-electron chi connectivity index (χ0n) is 17.0. The van der Waals surface area contributed by atoms with Gasteiger partial charge in [0, 0.05) is 35.7 Å². The van der Waals surface area contributed by atoms with Crippen molar-refractivity contribution in [2.75, 3.05) is 17.3 Å². The number of nitrogens with zero attached hydrogens (tertiary/aromatic N) is 3. The van der Waals surface area contributed by atoms with Gasteiger partial charge >= 0.3 is 6.03 Å². The molecule has 0 atom stereocenters. The SMILES string of the molecule is Cc1cc(Cl)ccc1NC(=O)N(C)c1c(C(=O)c2ccccc2)cnc2cccnc12. The van der Waals surface area contributed by atoms with Gasteiger partial charge in [0.25, 0.3) is 0 Å². The number of rotatable bonds is 4. The van der Waals surface area contributed by atoms with E-state index >= 15 is 0 Å². The van der Waals surface area contributed by atoms with Crippen molar-refractivity contribution in [1.29, 1.82) is 0 Å². The van der Waals surface area contributed by atoms with Gasteiger partial charge in [0.1, 0.15) is 5.52 Å². The van der Waals surface area contributed by atoms with Gasteiger partial charge < -0.3 is 5.32 Å². The van der Waals surface area contributed by atoms with Crippen LogP contribution in [0.4, 0.5) is 16.2 Å². The molecule has 0 unspecified atom stereocenters. The number of hydrogen-bond acceptors (Lipinski definition) is 4. The summed E-state index contributed by atoms with van der Waals surface area (Å²) in [6, 6.07) is 17.2. The van der Waals surface area contributed by atoms with Crippen molar-refractivity contribution in [2.24, 2.45) is 0 Å². The first-order chi connectivity index (χ1) is 15.0. The van der Waals surface area contributed by atoms with E-state index in [1.807, 2.05) is 13.0 Å². The maximum atomic E-state index is 13.2. The molecule has 0 aliphatic carbocycles. The highest BCUT2D eigenvalue weighted by Crippen LogP contribution is 2.30. The zero-order chi connectivity index (χ0) is 22.0. The largest absolute Gasteiger partial charge is 0.326 e. The normalized spacial score (nSPS) is 10.7. The first kappa shape index (κ1) is 20.5. The molecule has 31 heavy (non-hydrogen) atoms. The molecule has 0 aliphatic rings. The Morgan fingerprint density at radius 2 is 1.77 bits per heavy atom. The lowest BCUT2D eigenvalue weighted by Crippen LogP contribution is -2.33. The maximum Gasteiger partial charge on any atom is 0.326 e. The van der Waals surface area contributed by atoms with Gasteiger partial charge in [-0.1, -0.05) is 41.9 Å². The molecule has 0 saturated carbocycles. The van der Waals surface area contributed by atoms with Crippen LogP contribution in [0.5, 0.6) is 0 Å². The number of hydrogen-bond donors (Lipinski definition) is 1. The molecular formula is C24H19ClN4O2. The van der Waals surface area contributed by atoms with Crippen molar-refractivity contribution in [3.05, 3.63) is 94.8 Å². The van der Waals surface area contributed by atoms with Crippen LogP contribution in [-0.4, -0.2) is 28.8 Å². The van der Waals surface area contributed by atoms with E-state index in [0.717, 1.165) is 5.56 Å². The Hall–Kier alpha value is -3.77. The van der Waals surface area contributed by atoms with Crippen molar-refractivity contribution in [3.63, 3.8) is 0 Å². The summed E-state index contributed by atoms with van der Waals surface area (Å²) in [5, 5.41) is 3.46. The van der Waals surface area contributed by atoms with Gasteiger partial charge in [-0.2, -0.15) is 0 Å². The van der Waals surface area contributed by atoms with E-state index in [-0.39, 0.29) is 5.78 Å². The molecule has 1 N–H and O–H groups in total. The van der Waals surface area contributed by atoms with Gasteiger partial charge in [0.15, 0.2) is 5.78 Å². The van der Waals surface area contributed by atoms with Crippen LogP contribution in [0.15, 0.2) is 73.1 Å². The number of aryl methyl sites for hydroxylation is 1. The number of carbonyl (C=O) groups excluding carboxylic acids is 2. The number of fused-ring (bicyclic) bond motifs is 1. The Labute approximate surface area is 184 Å². The van der Waals surface area contributed by atoms with Crippen LogP contribution in [0.2, 0.25) is 5.02 Å². The Kier molecular flexibility index (Phi) is 5.64. The summed E-state index contributed by atoms with van der Waals surface area (Å²) >= 11 is 6.02. The average Bonchev–Trinajstić information content (AvgIpc) is 2.79. The number of carbonyl (C=O) groups is 2. The molecule has 7 heteroatoms. The minimum atomic E-state index is -0.411. The molecule has 0 fully saturated rings. The molecule has 0 bridgehead atoms. The lowest BCUT2D eigenvalue weighted by atomic mass is 10.0. The Balaban J connectivity index is 1.79. The average molecular weight is 431 g/mol. The summed E-state index contributed by atoms with van der Waals surface area (Å²) in [6.07, 6.45) is 3.10. The lowest BCUT2D eigenvalue weighted by Gasteiger charge is -2.22. The van der Waals surface area contributed by atoms with E-state index in [4.69, 9.17) is 11.6 Å². The fourth-order valence-corrected chi connectivity index (χ4v) is 3.55. The molecule has 2 aromatic carbocycles. The summed E-state index contributed by atoms with van der Waals surface area (Å²) in [4.78, 5) is 36.5. The van der Waals surface area contributed by atoms with Crippen LogP contribution in [0.1, 0.15) is 21.5 Å². The summed E-state index contributed by atoms with van der Waals surface area (Å²) in [7, 11) is 1.60. The third-order valence-corrected chi connectivity index (χ3v) is 5.18. The van der Waals surface area contributed by atoms with Crippen molar-refractivity contribution < 1.29 is 9.59 Å². The van der Waals surface area contributed by atoms with Crippen molar-refractivity contribution in [3.8, 4) is 0 Å². The number of amides is 2. The number of urea groups is 1. The quantitative estimate of drug-likeness (QED) is 0.434. The Bertz CT molecular complexity index is 1290. The van der Waals surface area contributed by atoms with Crippen molar-refractivity contribution in [2.45, 2.75) is 6.92 Å². The van der Waals surface area contributed by atoms with E-state index in [1.54, 1.807) is 67.8 Å². The molecule has 4 aromatic rings. The van der Waals surface area contributed by atoms with Crippen LogP contribution >= 0.6 is 11.6 Å². The summed E-state index contributed by atoms with van der Waals surface area (Å²) < 4.78 is 0. The molecule has 0 aliphatic heterocycles. The first-order valence-corrected chi connectivity index (χ1v) is 9.98. The van der Waals surface area contributed by atoms with Gasteiger partial charge in [-0.3, -0.25) is 19.7 Å². The fraction of sp³-hybridized carbons (Fsp3) is 0.0833. The molecule has 4 rings (SSSR count).